The summed E-state index contributed by atoms with van der Waals surface area (Å²) in [4.78, 5) is 3.13. The summed E-state index contributed by atoms with van der Waals surface area (Å²) in [5, 5.41) is 1.85. The maximum absolute atomic E-state index is 6.28. The van der Waals surface area contributed by atoms with Crippen LogP contribution in [0, 0.1) is 0 Å². The Balaban J connectivity index is 2.16. The van der Waals surface area contributed by atoms with E-state index in [-0.39, 0.29) is 5.54 Å². The molecule has 1 saturated carbocycles. The molecular weight excluding hydrogens is 208 g/mol. The van der Waals surface area contributed by atoms with Crippen LogP contribution in [-0.4, -0.2) is 4.98 Å². The van der Waals surface area contributed by atoms with E-state index in [4.69, 9.17) is 17.3 Å². The molecular formula is C12H13ClN2. The summed E-state index contributed by atoms with van der Waals surface area (Å²) < 4.78 is 0. The summed E-state index contributed by atoms with van der Waals surface area (Å²) in [5.74, 6) is 0. The maximum atomic E-state index is 6.28. The van der Waals surface area contributed by atoms with Crippen LogP contribution in [0.25, 0.3) is 10.9 Å². The third kappa shape index (κ3) is 1.29. The van der Waals surface area contributed by atoms with Gasteiger partial charge in [0, 0.05) is 22.6 Å². The molecule has 3 N–H and O–H groups in total. The molecule has 78 valence electrons. The smallest absolute Gasteiger partial charge is 0.0659 e. The number of H-pyrrole nitrogens is 1. The molecule has 15 heavy (non-hydrogen) atoms. The number of hydrogen-bond donors (Lipinski definition) is 2. The molecule has 0 unspecified atom stereocenters. The summed E-state index contributed by atoms with van der Waals surface area (Å²) in [6.07, 6.45) is 5.22. The van der Waals surface area contributed by atoms with Crippen LogP contribution in [0.4, 0.5) is 0 Å². The first-order chi connectivity index (χ1) is 7.19. The van der Waals surface area contributed by atoms with Crippen LogP contribution in [0.3, 0.4) is 0 Å². The first kappa shape index (κ1) is 9.25. The van der Waals surface area contributed by atoms with E-state index in [0.717, 1.165) is 28.8 Å². The van der Waals surface area contributed by atoms with Gasteiger partial charge >= 0.3 is 0 Å². The fourth-order valence-electron chi connectivity index (χ4n) is 2.24. The highest BCUT2D eigenvalue weighted by Gasteiger charge is 2.34. The highest BCUT2D eigenvalue weighted by molar-refractivity contribution is 6.35. The number of fused-ring (bicyclic) bond motifs is 1. The van der Waals surface area contributed by atoms with Crippen LogP contribution >= 0.6 is 11.6 Å². The molecule has 2 nitrogen and oxygen atoms in total. The zero-order valence-electron chi connectivity index (χ0n) is 8.39. The highest BCUT2D eigenvalue weighted by atomic mass is 35.5. The van der Waals surface area contributed by atoms with Gasteiger partial charge in [-0.3, -0.25) is 0 Å². The molecule has 1 aromatic heterocycles. The minimum atomic E-state index is -0.102. The van der Waals surface area contributed by atoms with Crippen molar-refractivity contribution in [2.24, 2.45) is 5.73 Å². The minimum Gasteiger partial charge on any atom is -0.360 e. The summed E-state index contributed by atoms with van der Waals surface area (Å²) >= 11 is 6.08. The second-order valence-corrected chi connectivity index (χ2v) is 4.81. The van der Waals surface area contributed by atoms with Gasteiger partial charge in [-0.05, 0) is 37.0 Å². The van der Waals surface area contributed by atoms with Crippen molar-refractivity contribution in [1.82, 2.24) is 4.98 Å². The van der Waals surface area contributed by atoms with Gasteiger partial charge in [0.1, 0.15) is 0 Å². The lowest BCUT2D eigenvalue weighted by Crippen LogP contribution is -2.43. The molecule has 3 heteroatoms. The summed E-state index contributed by atoms with van der Waals surface area (Å²) in [6, 6.07) is 6.28. The molecule has 2 aromatic rings. The van der Waals surface area contributed by atoms with Gasteiger partial charge in [-0.25, -0.2) is 0 Å². The van der Waals surface area contributed by atoms with E-state index >= 15 is 0 Å². The number of hydrogen-bond acceptors (Lipinski definition) is 1. The Labute approximate surface area is 93.4 Å². The number of nitrogens with one attached hydrogen (secondary N) is 1. The highest BCUT2D eigenvalue weighted by Crippen LogP contribution is 2.40. The van der Waals surface area contributed by atoms with Crippen LogP contribution in [-0.2, 0) is 5.54 Å². The number of rotatable bonds is 1. The van der Waals surface area contributed by atoms with Gasteiger partial charge in [0.25, 0.3) is 0 Å². The van der Waals surface area contributed by atoms with Crippen LogP contribution in [0.2, 0.25) is 5.02 Å². The third-order valence-electron chi connectivity index (χ3n) is 3.45. The molecule has 0 spiro atoms. The zero-order chi connectivity index (χ0) is 10.5. The van der Waals surface area contributed by atoms with Crippen molar-refractivity contribution in [3.63, 3.8) is 0 Å². The van der Waals surface area contributed by atoms with Gasteiger partial charge in [-0.1, -0.05) is 17.7 Å². The van der Waals surface area contributed by atoms with Crippen LogP contribution in [0.15, 0.2) is 24.4 Å². The first-order valence-electron chi connectivity index (χ1n) is 5.25. The number of nitrogens with two attached hydrogens (primary N) is 1. The van der Waals surface area contributed by atoms with Gasteiger partial charge in [0.05, 0.1) is 5.02 Å². The Morgan fingerprint density at radius 2 is 2.13 bits per heavy atom. The number of aromatic nitrogens is 1. The molecule has 0 aliphatic heterocycles. The fourth-order valence-corrected chi connectivity index (χ4v) is 2.45. The maximum Gasteiger partial charge on any atom is 0.0659 e. The molecule has 0 bridgehead atoms. The number of benzene rings is 1. The van der Waals surface area contributed by atoms with E-state index in [0.29, 0.717) is 0 Å². The van der Waals surface area contributed by atoms with E-state index in [1.54, 1.807) is 0 Å². The van der Waals surface area contributed by atoms with Crippen molar-refractivity contribution in [3.8, 4) is 0 Å². The van der Waals surface area contributed by atoms with Gasteiger partial charge in [-0.15, -0.1) is 0 Å². The predicted molar refractivity (Wildman–Crippen MR) is 63.0 cm³/mol. The van der Waals surface area contributed by atoms with Gasteiger partial charge in [0.2, 0.25) is 0 Å². The van der Waals surface area contributed by atoms with E-state index < -0.39 is 0 Å². The van der Waals surface area contributed by atoms with E-state index in [9.17, 15) is 0 Å². The molecule has 0 radical (unpaired) electrons. The molecule has 0 saturated heterocycles. The average molecular weight is 221 g/mol. The molecule has 1 aromatic carbocycles. The Bertz CT molecular complexity index is 511. The molecule has 3 rings (SSSR count). The standard InChI is InChI=1S/C12H13ClN2/c13-10-7-15-11-3-2-8(6-9(10)11)12(14)4-1-5-12/h2-3,6-7,15H,1,4-5,14H2. The molecule has 1 aliphatic rings. The van der Waals surface area contributed by atoms with Crippen molar-refractivity contribution in [2.45, 2.75) is 24.8 Å². The molecule has 1 heterocycles. The first-order valence-corrected chi connectivity index (χ1v) is 5.63. The molecule has 0 atom stereocenters. The quantitative estimate of drug-likeness (QED) is 0.762. The molecule has 0 amide bonds. The Hall–Kier alpha value is -0.990. The van der Waals surface area contributed by atoms with Crippen molar-refractivity contribution in [1.29, 1.82) is 0 Å². The summed E-state index contributed by atoms with van der Waals surface area (Å²) in [6.45, 7) is 0. The molecule has 1 aliphatic carbocycles. The van der Waals surface area contributed by atoms with E-state index in [1.165, 1.54) is 12.0 Å². The predicted octanol–water partition coefficient (Wildman–Crippen LogP) is 3.16. The van der Waals surface area contributed by atoms with Crippen LogP contribution in [0.5, 0.6) is 0 Å². The number of halogens is 1. The fraction of sp³-hybridized carbons (Fsp3) is 0.333. The lowest BCUT2D eigenvalue weighted by atomic mass is 9.72. The third-order valence-corrected chi connectivity index (χ3v) is 3.76. The van der Waals surface area contributed by atoms with Crippen molar-refractivity contribution in [2.75, 3.05) is 0 Å². The second kappa shape index (κ2) is 3.00. The van der Waals surface area contributed by atoms with Gasteiger partial charge in [-0.2, -0.15) is 0 Å². The van der Waals surface area contributed by atoms with E-state index in [2.05, 4.69) is 23.2 Å². The van der Waals surface area contributed by atoms with E-state index in [1.807, 2.05) is 6.20 Å². The minimum absolute atomic E-state index is 0.102. The Kier molecular flexibility index (Phi) is 1.85. The van der Waals surface area contributed by atoms with Gasteiger partial charge in [0.15, 0.2) is 0 Å². The average Bonchev–Trinajstić information content (AvgIpc) is 2.57. The van der Waals surface area contributed by atoms with Crippen molar-refractivity contribution < 1.29 is 0 Å². The number of aromatic amines is 1. The Morgan fingerprint density at radius 3 is 2.80 bits per heavy atom. The second-order valence-electron chi connectivity index (χ2n) is 4.41. The lowest BCUT2D eigenvalue weighted by Gasteiger charge is -2.38. The van der Waals surface area contributed by atoms with Gasteiger partial charge < -0.3 is 10.7 Å². The van der Waals surface area contributed by atoms with Crippen molar-refractivity contribution >= 4 is 22.5 Å². The van der Waals surface area contributed by atoms with Crippen LogP contribution in [0.1, 0.15) is 24.8 Å². The van der Waals surface area contributed by atoms with Crippen molar-refractivity contribution in [3.05, 3.63) is 35.0 Å². The monoisotopic (exact) mass is 220 g/mol. The normalized spacial score (nSPS) is 19.1. The molecule has 1 fully saturated rings. The zero-order valence-corrected chi connectivity index (χ0v) is 9.14. The van der Waals surface area contributed by atoms with Crippen LogP contribution < -0.4 is 5.73 Å². The summed E-state index contributed by atoms with van der Waals surface area (Å²) in [5.41, 5.74) is 8.46. The largest absolute Gasteiger partial charge is 0.360 e. The topological polar surface area (TPSA) is 41.8 Å². The summed E-state index contributed by atoms with van der Waals surface area (Å²) in [7, 11) is 0. The SMILES string of the molecule is NC1(c2ccc3[nH]cc(Cl)c3c2)CCC1. The lowest BCUT2D eigenvalue weighted by molar-refractivity contribution is 0.254. The Morgan fingerprint density at radius 1 is 1.33 bits per heavy atom.